The third-order valence-corrected chi connectivity index (χ3v) is 10.5. The van der Waals surface area contributed by atoms with Crippen LogP contribution in [0.4, 0.5) is 17.1 Å². The molecule has 4 aromatic carbocycles. The number of rotatable bonds is 12. The van der Waals surface area contributed by atoms with Crippen molar-refractivity contribution in [2.24, 2.45) is 9.98 Å². The van der Waals surface area contributed by atoms with Crippen LogP contribution in [0.15, 0.2) is 82.9 Å². The van der Waals surface area contributed by atoms with Gasteiger partial charge >= 0.3 is 0 Å². The Morgan fingerprint density at radius 1 is 0.673 bits per heavy atom. The van der Waals surface area contributed by atoms with E-state index in [2.05, 4.69) is 6.07 Å². The minimum Gasteiger partial charge on any atom is -0.497 e. The molecule has 4 aliphatic heterocycles. The number of amides is 2. The molecular weight excluding hydrogens is 699 g/mol. The fourth-order valence-electron chi connectivity index (χ4n) is 7.50. The molecule has 2 amide bonds. The zero-order valence-electron chi connectivity index (χ0n) is 31.1. The summed E-state index contributed by atoms with van der Waals surface area (Å²) < 4.78 is 29.0. The van der Waals surface area contributed by atoms with E-state index in [0.717, 1.165) is 41.7 Å². The van der Waals surface area contributed by atoms with Crippen LogP contribution >= 0.6 is 0 Å². The van der Waals surface area contributed by atoms with Crippen molar-refractivity contribution in [3.05, 3.63) is 101 Å². The molecule has 0 fully saturated rings. The normalized spacial score (nSPS) is 17.9. The number of anilines is 1. The SMILES string of the molecule is COc1ccc2c(c1)CN1C(=O)c3cc(OC)c(OCCCCCOc4cc5c(cc4OC)C(=O)N4C=C(c6ccc(N)cc6)C[C@H]4C=N5)cc3N=C[C@@H]1C2. The molecule has 0 unspecified atom stereocenters. The third-order valence-electron chi connectivity index (χ3n) is 10.5. The van der Waals surface area contributed by atoms with Gasteiger partial charge in [0.15, 0.2) is 23.0 Å². The number of nitrogens with two attached hydrogens (primary N) is 1. The highest BCUT2D eigenvalue weighted by Crippen LogP contribution is 2.41. The van der Waals surface area contributed by atoms with Gasteiger partial charge in [-0.3, -0.25) is 19.6 Å². The minimum atomic E-state index is -0.183. The number of benzene rings is 4. The van der Waals surface area contributed by atoms with Crippen molar-refractivity contribution in [1.82, 2.24) is 9.80 Å². The summed E-state index contributed by atoms with van der Waals surface area (Å²) in [4.78, 5) is 40.5. The number of hydrogen-bond acceptors (Lipinski definition) is 10. The zero-order chi connectivity index (χ0) is 38.1. The number of fused-ring (bicyclic) bond motifs is 5. The largest absolute Gasteiger partial charge is 0.497 e. The molecule has 0 bridgehead atoms. The topological polar surface area (TPSA) is 138 Å². The molecule has 0 aromatic heterocycles. The van der Waals surface area contributed by atoms with Gasteiger partial charge in [0.2, 0.25) is 0 Å². The van der Waals surface area contributed by atoms with Gasteiger partial charge in [0, 0.05) is 49.4 Å². The Labute approximate surface area is 319 Å². The maximum Gasteiger partial charge on any atom is 0.260 e. The van der Waals surface area contributed by atoms with E-state index in [1.807, 2.05) is 59.9 Å². The fraction of sp³-hybridized carbons (Fsp3) is 0.302. The van der Waals surface area contributed by atoms with Gasteiger partial charge in [-0.2, -0.15) is 0 Å². The molecule has 0 spiro atoms. The lowest BCUT2D eigenvalue weighted by atomic mass is 9.94. The summed E-state index contributed by atoms with van der Waals surface area (Å²) in [6, 6.07) is 20.3. The molecule has 0 saturated carbocycles. The Morgan fingerprint density at radius 2 is 1.31 bits per heavy atom. The number of ether oxygens (including phenoxy) is 5. The molecule has 12 nitrogen and oxygen atoms in total. The molecule has 0 radical (unpaired) electrons. The lowest BCUT2D eigenvalue weighted by Crippen LogP contribution is -2.44. The van der Waals surface area contributed by atoms with Crippen molar-refractivity contribution in [1.29, 1.82) is 0 Å². The molecule has 282 valence electrons. The van der Waals surface area contributed by atoms with Crippen LogP contribution in [0.5, 0.6) is 28.7 Å². The molecule has 0 saturated heterocycles. The predicted molar refractivity (Wildman–Crippen MR) is 211 cm³/mol. The summed E-state index contributed by atoms with van der Waals surface area (Å²) in [5, 5.41) is 0. The second kappa shape index (κ2) is 15.2. The highest BCUT2D eigenvalue weighted by atomic mass is 16.5. The average molecular weight is 742 g/mol. The summed E-state index contributed by atoms with van der Waals surface area (Å²) >= 11 is 0. The van der Waals surface area contributed by atoms with Crippen LogP contribution in [0.2, 0.25) is 0 Å². The van der Waals surface area contributed by atoms with Gasteiger partial charge in [-0.1, -0.05) is 18.2 Å². The number of methoxy groups -OCH3 is 3. The maximum absolute atomic E-state index is 13.8. The molecule has 12 heteroatoms. The highest BCUT2D eigenvalue weighted by molar-refractivity contribution is 6.06. The van der Waals surface area contributed by atoms with Crippen molar-refractivity contribution in [2.45, 2.75) is 50.7 Å². The number of nitrogen functional groups attached to an aromatic ring is 1. The molecule has 55 heavy (non-hydrogen) atoms. The fourth-order valence-corrected chi connectivity index (χ4v) is 7.50. The predicted octanol–water partition coefficient (Wildman–Crippen LogP) is 7.18. The van der Waals surface area contributed by atoms with E-state index in [4.69, 9.17) is 39.4 Å². The molecular formula is C43H43N5O7. The van der Waals surface area contributed by atoms with E-state index >= 15 is 0 Å². The zero-order valence-corrected chi connectivity index (χ0v) is 31.1. The van der Waals surface area contributed by atoms with E-state index in [9.17, 15) is 9.59 Å². The van der Waals surface area contributed by atoms with Crippen LogP contribution < -0.4 is 29.4 Å². The Kier molecular flexibility index (Phi) is 9.88. The van der Waals surface area contributed by atoms with E-state index < -0.39 is 0 Å². The number of unbranched alkanes of at least 4 members (excludes halogenated alkanes) is 2. The molecule has 4 aliphatic rings. The quantitative estimate of drug-likeness (QED) is 0.119. The minimum absolute atomic E-state index is 0.0955. The lowest BCUT2D eigenvalue weighted by Gasteiger charge is -2.34. The summed E-state index contributed by atoms with van der Waals surface area (Å²) in [5.74, 6) is 2.57. The Balaban J connectivity index is 0.857. The molecule has 8 rings (SSSR count). The van der Waals surface area contributed by atoms with Crippen molar-refractivity contribution in [2.75, 3.05) is 40.3 Å². The Hall–Kier alpha value is -6.30. The second-order valence-electron chi connectivity index (χ2n) is 14.0. The average Bonchev–Trinajstić information content (AvgIpc) is 3.54. The van der Waals surface area contributed by atoms with Gasteiger partial charge in [-0.05, 0) is 84.3 Å². The summed E-state index contributed by atoms with van der Waals surface area (Å²) in [5.41, 5.74) is 13.0. The van der Waals surface area contributed by atoms with Crippen LogP contribution in [-0.2, 0) is 13.0 Å². The van der Waals surface area contributed by atoms with E-state index in [-0.39, 0.29) is 23.9 Å². The Bertz CT molecular complexity index is 2230. The van der Waals surface area contributed by atoms with Gasteiger partial charge in [-0.25, -0.2) is 0 Å². The van der Waals surface area contributed by atoms with Crippen LogP contribution in [0.25, 0.3) is 5.57 Å². The smallest absolute Gasteiger partial charge is 0.260 e. The molecule has 2 N–H and O–H groups in total. The maximum atomic E-state index is 13.8. The van der Waals surface area contributed by atoms with Gasteiger partial charge in [0.25, 0.3) is 11.8 Å². The lowest BCUT2D eigenvalue weighted by molar-refractivity contribution is 0.0702. The summed E-state index contributed by atoms with van der Waals surface area (Å²) in [6.07, 6.45) is 9.31. The highest BCUT2D eigenvalue weighted by Gasteiger charge is 2.35. The van der Waals surface area contributed by atoms with E-state index in [1.54, 1.807) is 50.5 Å². The first-order valence-electron chi connectivity index (χ1n) is 18.5. The summed E-state index contributed by atoms with van der Waals surface area (Å²) in [7, 11) is 4.78. The first-order chi connectivity index (χ1) is 26.8. The molecule has 2 atom stereocenters. The number of aliphatic imine (C=N–C) groups is 2. The Morgan fingerprint density at radius 3 is 1.95 bits per heavy atom. The van der Waals surface area contributed by atoms with Gasteiger partial charge in [0.1, 0.15) is 5.75 Å². The van der Waals surface area contributed by atoms with Crippen molar-refractivity contribution >= 4 is 46.9 Å². The molecule has 4 aromatic rings. The number of carbonyl (C=O) groups excluding carboxylic acids is 2. The van der Waals surface area contributed by atoms with Crippen molar-refractivity contribution < 1.29 is 33.3 Å². The van der Waals surface area contributed by atoms with Crippen molar-refractivity contribution in [3.8, 4) is 28.7 Å². The van der Waals surface area contributed by atoms with Gasteiger partial charge in [0.05, 0.1) is 69.1 Å². The first-order valence-corrected chi connectivity index (χ1v) is 18.5. The van der Waals surface area contributed by atoms with Crippen LogP contribution in [0.3, 0.4) is 0 Å². The standard InChI is InChI=1S/C43H43N5O7/c1-51-33-12-9-27-15-31-22-45-36-20-40(39(53-3)19-35(36)43(50)48(31)25-29(27)17-33)54-13-5-4-6-14-55-41-21-37-34(18-38(41)52-2)42(49)47-24-28(16-32(47)23-46-37)26-7-10-30(44)11-8-26/h7-12,17-24,31-32H,4-6,13-16,25,44H2,1-3H3/t31-,32-/m0/s1. The van der Waals surface area contributed by atoms with Crippen LogP contribution in [-0.4, -0.2) is 80.7 Å². The van der Waals surface area contributed by atoms with Crippen molar-refractivity contribution in [3.63, 3.8) is 0 Å². The van der Waals surface area contributed by atoms with Crippen LogP contribution in [0, 0.1) is 0 Å². The van der Waals surface area contributed by atoms with E-state index in [1.165, 1.54) is 5.56 Å². The number of nitrogens with zero attached hydrogens (tertiary/aromatic N) is 4. The summed E-state index contributed by atoms with van der Waals surface area (Å²) in [6.45, 7) is 1.37. The van der Waals surface area contributed by atoms with Crippen LogP contribution in [0.1, 0.15) is 63.1 Å². The number of carbonyl (C=O) groups is 2. The molecule has 4 heterocycles. The van der Waals surface area contributed by atoms with E-state index in [0.29, 0.717) is 83.8 Å². The third kappa shape index (κ3) is 7.07. The first kappa shape index (κ1) is 35.7. The number of hydrogen-bond donors (Lipinski definition) is 1. The van der Waals surface area contributed by atoms with Gasteiger partial charge < -0.3 is 39.2 Å². The van der Waals surface area contributed by atoms with Gasteiger partial charge in [-0.15, -0.1) is 0 Å². The molecule has 0 aliphatic carbocycles. The monoisotopic (exact) mass is 741 g/mol. The second-order valence-corrected chi connectivity index (χ2v) is 14.0.